The largest absolute Gasteiger partial charge is 0.484 e. The van der Waals surface area contributed by atoms with Gasteiger partial charge in [0.05, 0.1) is 5.02 Å². The van der Waals surface area contributed by atoms with Crippen LogP contribution < -0.4 is 10.5 Å². The summed E-state index contributed by atoms with van der Waals surface area (Å²) in [4.78, 5) is 0. The maximum atomic E-state index is 6.94. The van der Waals surface area contributed by atoms with Crippen LogP contribution in [0.5, 0.6) is 5.75 Å². The van der Waals surface area contributed by atoms with Gasteiger partial charge in [0.25, 0.3) is 0 Å². The predicted molar refractivity (Wildman–Crippen MR) is 61.1 cm³/mol. The summed E-state index contributed by atoms with van der Waals surface area (Å²) in [5, 5.41) is 7.92. The van der Waals surface area contributed by atoms with Crippen LogP contribution in [0, 0.1) is 5.41 Å². The van der Waals surface area contributed by atoms with Crippen molar-refractivity contribution >= 4 is 41.4 Å². The highest BCUT2D eigenvalue weighted by molar-refractivity contribution is 6.34. The molecule has 0 unspecified atom stereocenters. The molecule has 0 spiro atoms. The molecule has 0 heterocycles. The molecule has 0 aliphatic carbocycles. The summed E-state index contributed by atoms with van der Waals surface area (Å²) in [6.07, 6.45) is 0. The van der Waals surface area contributed by atoms with Crippen molar-refractivity contribution in [1.29, 1.82) is 5.41 Å². The van der Waals surface area contributed by atoms with Crippen LogP contribution >= 0.6 is 35.6 Å². The zero-order chi connectivity index (χ0) is 9.84. The molecule has 0 atom stereocenters. The number of rotatable bonds is 3. The standard InChI is InChI=1S/C8H8Cl2N2O.ClH/c9-5-1-2-6(10)7(3-5)13-4-8(11)12;/h1-3H,4H2,(H3,11,12);1H. The van der Waals surface area contributed by atoms with Gasteiger partial charge in [-0.15, -0.1) is 12.4 Å². The lowest BCUT2D eigenvalue weighted by molar-refractivity contribution is 0.375. The quantitative estimate of drug-likeness (QED) is 0.644. The van der Waals surface area contributed by atoms with Crippen molar-refractivity contribution in [3.63, 3.8) is 0 Å². The molecule has 0 aliphatic heterocycles. The summed E-state index contributed by atoms with van der Waals surface area (Å²) in [6.45, 7) is 0.0140. The number of ether oxygens (including phenoxy) is 1. The third-order valence-corrected chi connectivity index (χ3v) is 1.82. The minimum absolute atomic E-state index is 0. The van der Waals surface area contributed by atoms with Crippen molar-refractivity contribution in [2.24, 2.45) is 5.73 Å². The van der Waals surface area contributed by atoms with E-state index in [-0.39, 0.29) is 24.8 Å². The average Bonchev–Trinajstić information content (AvgIpc) is 2.06. The smallest absolute Gasteiger partial charge is 0.145 e. The summed E-state index contributed by atoms with van der Waals surface area (Å²) in [5.41, 5.74) is 5.11. The highest BCUT2D eigenvalue weighted by Gasteiger charge is 2.02. The van der Waals surface area contributed by atoms with E-state index >= 15 is 0 Å². The van der Waals surface area contributed by atoms with Gasteiger partial charge >= 0.3 is 0 Å². The number of amidine groups is 1. The lowest BCUT2D eigenvalue weighted by atomic mass is 10.3. The van der Waals surface area contributed by atoms with Crippen molar-refractivity contribution in [3.05, 3.63) is 28.2 Å². The molecule has 0 radical (unpaired) electrons. The fourth-order valence-electron chi connectivity index (χ4n) is 0.743. The lowest BCUT2D eigenvalue weighted by Crippen LogP contribution is -2.19. The first-order valence-corrected chi connectivity index (χ1v) is 4.26. The number of nitrogens with one attached hydrogen (secondary N) is 1. The summed E-state index contributed by atoms with van der Waals surface area (Å²) < 4.78 is 5.11. The number of hydrogen-bond donors (Lipinski definition) is 2. The van der Waals surface area contributed by atoms with Crippen LogP contribution in [-0.4, -0.2) is 12.4 Å². The summed E-state index contributed by atoms with van der Waals surface area (Å²) >= 11 is 11.5. The Hall–Kier alpha value is -0.640. The Morgan fingerprint density at radius 2 is 2.07 bits per heavy atom. The first kappa shape index (κ1) is 13.4. The van der Waals surface area contributed by atoms with Crippen molar-refractivity contribution in [1.82, 2.24) is 0 Å². The first-order chi connectivity index (χ1) is 6.09. The number of halogens is 3. The van der Waals surface area contributed by atoms with Crippen LogP contribution in [0.25, 0.3) is 0 Å². The van der Waals surface area contributed by atoms with E-state index in [0.29, 0.717) is 15.8 Å². The van der Waals surface area contributed by atoms with Crippen molar-refractivity contribution in [2.45, 2.75) is 0 Å². The van der Waals surface area contributed by atoms with E-state index in [1.165, 1.54) is 0 Å². The highest BCUT2D eigenvalue weighted by Crippen LogP contribution is 2.27. The van der Waals surface area contributed by atoms with Crippen LogP contribution in [0.4, 0.5) is 0 Å². The second-order valence-corrected chi connectivity index (χ2v) is 3.23. The van der Waals surface area contributed by atoms with Gasteiger partial charge in [-0.05, 0) is 12.1 Å². The minimum atomic E-state index is -0.0592. The summed E-state index contributed by atoms with van der Waals surface area (Å²) in [5.74, 6) is 0.375. The van der Waals surface area contributed by atoms with Crippen LogP contribution in [-0.2, 0) is 0 Å². The number of benzene rings is 1. The maximum Gasteiger partial charge on any atom is 0.145 e. The summed E-state index contributed by atoms with van der Waals surface area (Å²) in [7, 11) is 0. The van der Waals surface area contributed by atoms with Gasteiger partial charge in [0.15, 0.2) is 0 Å². The molecule has 0 saturated heterocycles. The molecule has 0 saturated carbocycles. The molecule has 78 valence electrons. The average molecular weight is 256 g/mol. The Bertz CT molecular complexity index is 330. The van der Waals surface area contributed by atoms with Gasteiger partial charge in [0.2, 0.25) is 0 Å². The summed E-state index contributed by atoms with van der Waals surface area (Å²) in [6, 6.07) is 4.86. The number of nitrogens with two attached hydrogens (primary N) is 1. The van der Waals surface area contributed by atoms with Crippen LogP contribution in [0.2, 0.25) is 10.0 Å². The van der Waals surface area contributed by atoms with Gasteiger partial charge in [0.1, 0.15) is 18.2 Å². The van der Waals surface area contributed by atoms with Gasteiger partial charge in [0, 0.05) is 11.1 Å². The zero-order valence-electron chi connectivity index (χ0n) is 7.09. The Labute approximate surface area is 98.1 Å². The van der Waals surface area contributed by atoms with E-state index in [9.17, 15) is 0 Å². The van der Waals surface area contributed by atoms with Crippen molar-refractivity contribution in [3.8, 4) is 5.75 Å². The lowest BCUT2D eigenvalue weighted by Gasteiger charge is -2.06. The van der Waals surface area contributed by atoms with Crippen LogP contribution in [0.1, 0.15) is 0 Å². The monoisotopic (exact) mass is 254 g/mol. The van der Waals surface area contributed by atoms with Crippen molar-refractivity contribution < 1.29 is 4.74 Å². The van der Waals surface area contributed by atoms with E-state index in [1.807, 2.05) is 0 Å². The van der Waals surface area contributed by atoms with Crippen LogP contribution in [0.15, 0.2) is 18.2 Å². The minimum Gasteiger partial charge on any atom is -0.484 e. The Balaban J connectivity index is 0.00000169. The fourth-order valence-corrected chi connectivity index (χ4v) is 1.08. The van der Waals surface area contributed by atoms with Gasteiger partial charge in [-0.1, -0.05) is 23.2 Å². The molecule has 0 bridgehead atoms. The van der Waals surface area contributed by atoms with Gasteiger partial charge < -0.3 is 10.5 Å². The normalized spacial score (nSPS) is 9.00. The highest BCUT2D eigenvalue weighted by atomic mass is 35.5. The zero-order valence-corrected chi connectivity index (χ0v) is 9.42. The van der Waals surface area contributed by atoms with E-state index in [0.717, 1.165) is 0 Å². The fraction of sp³-hybridized carbons (Fsp3) is 0.125. The topological polar surface area (TPSA) is 59.1 Å². The Kier molecular flexibility index (Phi) is 5.69. The van der Waals surface area contributed by atoms with E-state index in [4.69, 9.17) is 39.1 Å². The van der Waals surface area contributed by atoms with E-state index in [1.54, 1.807) is 18.2 Å². The maximum absolute atomic E-state index is 6.94. The molecule has 0 fully saturated rings. The molecule has 0 amide bonds. The number of hydrogen-bond acceptors (Lipinski definition) is 2. The molecule has 3 N–H and O–H groups in total. The van der Waals surface area contributed by atoms with E-state index in [2.05, 4.69) is 0 Å². The molecular formula is C8H9Cl3N2O. The Morgan fingerprint density at radius 1 is 1.43 bits per heavy atom. The SMILES string of the molecule is Cl.N=C(N)COc1cc(Cl)ccc1Cl. The molecule has 1 aromatic carbocycles. The van der Waals surface area contributed by atoms with Crippen molar-refractivity contribution in [2.75, 3.05) is 6.61 Å². The molecule has 14 heavy (non-hydrogen) atoms. The van der Waals surface area contributed by atoms with Gasteiger partial charge in [-0.25, -0.2) is 0 Å². The van der Waals surface area contributed by atoms with Gasteiger partial charge in [-0.3, -0.25) is 5.41 Å². The molecule has 0 aliphatic rings. The molecule has 3 nitrogen and oxygen atoms in total. The third kappa shape index (κ3) is 4.05. The Morgan fingerprint density at radius 3 is 2.64 bits per heavy atom. The molecule has 0 aromatic heterocycles. The molecule has 6 heteroatoms. The van der Waals surface area contributed by atoms with Gasteiger partial charge in [-0.2, -0.15) is 0 Å². The second kappa shape index (κ2) is 5.96. The second-order valence-electron chi connectivity index (χ2n) is 2.39. The molecule has 1 rings (SSSR count). The molecular weight excluding hydrogens is 246 g/mol. The molecule has 1 aromatic rings. The van der Waals surface area contributed by atoms with Crippen LogP contribution in [0.3, 0.4) is 0 Å². The first-order valence-electron chi connectivity index (χ1n) is 3.50. The predicted octanol–water partition coefficient (Wildman–Crippen LogP) is 2.73. The third-order valence-electron chi connectivity index (χ3n) is 1.28. The van der Waals surface area contributed by atoms with E-state index < -0.39 is 0 Å².